The minimum Gasteiger partial charge on any atom is -0.382 e. The Morgan fingerprint density at radius 3 is 2.88 bits per heavy atom. The minimum atomic E-state index is 0.0329. The number of nitrogens with zero attached hydrogens (tertiary/aromatic N) is 2. The van der Waals surface area contributed by atoms with Gasteiger partial charge in [0.1, 0.15) is 11.6 Å². The number of halogens is 2. The van der Waals surface area contributed by atoms with Gasteiger partial charge in [0.15, 0.2) is 0 Å². The smallest absolute Gasteiger partial charge is 0.221 e. The molecule has 0 aromatic carbocycles. The van der Waals surface area contributed by atoms with E-state index < -0.39 is 0 Å². The topological polar surface area (TPSA) is 71.2 Å². The Morgan fingerprint density at radius 2 is 2.12 bits per heavy atom. The van der Waals surface area contributed by atoms with Gasteiger partial charge >= 0.3 is 0 Å². The van der Waals surface area contributed by atoms with Crippen LogP contribution < -0.4 is 16.0 Å². The molecule has 1 aliphatic rings. The van der Waals surface area contributed by atoms with Gasteiger partial charge in [0, 0.05) is 26.1 Å². The van der Waals surface area contributed by atoms with Crippen molar-refractivity contribution in [3.8, 4) is 0 Å². The summed E-state index contributed by atoms with van der Waals surface area (Å²) < 4.78 is 0. The van der Waals surface area contributed by atoms with E-state index in [1.165, 1.54) is 0 Å². The molecule has 0 bridgehead atoms. The van der Waals surface area contributed by atoms with Crippen molar-refractivity contribution in [2.24, 2.45) is 0 Å². The van der Waals surface area contributed by atoms with Crippen LogP contribution >= 0.6 is 23.2 Å². The van der Waals surface area contributed by atoms with Gasteiger partial charge in [0.05, 0.1) is 10.0 Å². The van der Waals surface area contributed by atoms with Gasteiger partial charge in [0.25, 0.3) is 0 Å². The number of nitrogens with two attached hydrogens (primary N) is 1. The number of nitrogen functional groups attached to an aromatic ring is 1. The molecule has 0 aliphatic carbocycles. The van der Waals surface area contributed by atoms with Crippen LogP contribution in [-0.4, -0.2) is 30.5 Å². The number of hydrogen-bond acceptors (Lipinski definition) is 4. The highest BCUT2D eigenvalue weighted by atomic mass is 35.5. The van der Waals surface area contributed by atoms with E-state index in [1.807, 2.05) is 4.90 Å². The molecule has 0 unspecified atom stereocenters. The fraction of sp³-hybridized carbons (Fsp3) is 0.400. The van der Waals surface area contributed by atoms with Gasteiger partial charge in [-0.05, 0) is 6.07 Å². The summed E-state index contributed by atoms with van der Waals surface area (Å²) in [5.41, 5.74) is 5.65. The first-order chi connectivity index (χ1) is 8.08. The van der Waals surface area contributed by atoms with E-state index in [1.54, 1.807) is 6.07 Å². The van der Waals surface area contributed by atoms with Crippen LogP contribution in [0.4, 0.5) is 11.6 Å². The quantitative estimate of drug-likeness (QED) is 0.810. The Balaban J connectivity index is 2.27. The number of carbonyl (C=O) groups excluding carboxylic acids is 1. The highest BCUT2D eigenvalue weighted by Crippen LogP contribution is 2.30. The zero-order chi connectivity index (χ0) is 12.4. The summed E-state index contributed by atoms with van der Waals surface area (Å²) in [7, 11) is 0. The zero-order valence-electron chi connectivity index (χ0n) is 9.04. The van der Waals surface area contributed by atoms with Crippen molar-refractivity contribution in [1.29, 1.82) is 0 Å². The molecule has 92 valence electrons. The van der Waals surface area contributed by atoms with Crippen LogP contribution in [-0.2, 0) is 4.79 Å². The van der Waals surface area contributed by atoms with Crippen molar-refractivity contribution in [2.75, 3.05) is 30.3 Å². The molecule has 0 saturated carbocycles. The predicted molar refractivity (Wildman–Crippen MR) is 68.5 cm³/mol. The molecule has 0 spiro atoms. The fourth-order valence-electron chi connectivity index (χ4n) is 1.67. The number of rotatable bonds is 1. The summed E-state index contributed by atoms with van der Waals surface area (Å²) in [6.45, 7) is 1.79. The monoisotopic (exact) mass is 274 g/mol. The van der Waals surface area contributed by atoms with Crippen molar-refractivity contribution in [3.63, 3.8) is 0 Å². The fourth-order valence-corrected chi connectivity index (χ4v) is 2.15. The lowest BCUT2D eigenvalue weighted by molar-refractivity contribution is -0.120. The minimum absolute atomic E-state index is 0.0329. The van der Waals surface area contributed by atoms with Gasteiger partial charge in [-0.25, -0.2) is 4.98 Å². The average Bonchev–Trinajstić information content (AvgIpc) is 2.49. The summed E-state index contributed by atoms with van der Waals surface area (Å²) in [5.74, 6) is 0.852. The largest absolute Gasteiger partial charge is 0.382 e. The third-order valence-electron chi connectivity index (χ3n) is 2.55. The second-order valence-corrected chi connectivity index (χ2v) is 4.56. The van der Waals surface area contributed by atoms with Crippen LogP contribution in [0.5, 0.6) is 0 Å². The van der Waals surface area contributed by atoms with E-state index in [0.29, 0.717) is 41.9 Å². The zero-order valence-corrected chi connectivity index (χ0v) is 10.6. The predicted octanol–water partition coefficient (Wildman–Crippen LogP) is 1.30. The molecular weight excluding hydrogens is 263 g/mol. The molecule has 1 saturated heterocycles. The maximum atomic E-state index is 11.2. The Morgan fingerprint density at radius 1 is 1.35 bits per heavy atom. The lowest BCUT2D eigenvalue weighted by Gasteiger charge is -2.22. The number of aromatic nitrogens is 1. The molecule has 0 radical (unpaired) electrons. The second kappa shape index (κ2) is 4.98. The Bertz CT molecular complexity index is 452. The lowest BCUT2D eigenvalue weighted by atomic mass is 10.3. The van der Waals surface area contributed by atoms with Gasteiger partial charge in [-0.2, -0.15) is 0 Å². The van der Waals surface area contributed by atoms with E-state index in [-0.39, 0.29) is 11.7 Å². The first kappa shape index (κ1) is 12.3. The molecule has 1 aromatic heterocycles. The Hall–Kier alpha value is -1.20. The van der Waals surface area contributed by atoms with Crippen LogP contribution in [0, 0.1) is 0 Å². The summed E-state index contributed by atoms with van der Waals surface area (Å²) in [5, 5.41) is 3.56. The van der Waals surface area contributed by atoms with E-state index in [0.717, 1.165) is 0 Å². The van der Waals surface area contributed by atoms with Crippen molar-refractivity contribution in [3.05, 3.63) is 16.1 Å². The molecule has 0 atom stereocenters. The van der Waals surface area contributed by atoms with Gasteiger partial charge < -0.3 is 16.0 Å². The van der Waals surface area contributed by atoms with E-state index in [2.05, 4.69) is 10.3 Å². The maximum Gasteiger partial charge on any atom is 0.221 e. The van der Waals surface area contributed by atoms with Crippen LogP contribution in [0.2, 0.25) is 10.0 Å². The normalized spacial score (nSPS) is 16.6. The number of amides is 1. The number of carbonyl (C=O) groups is 1. The van der Waals surface area contributed by atoms with Crippen molar-refractivity contribution < 1.29 is 4.79 Å². The molecule has 17 heavy (non-hydrogen) atoms. The lowest BCUT2D eigenvalue weighted by Crippen LogP contribution is -2.29. The van der Waals surface area contributed by atoms with Crippen molar-refractivity contribution >= 4 is 40.7 Å². The Labute approximate surface area is 109 Å². The van der Waals surface area contributed by atoms with E-state index in [4.69, 9.17) is 28.9 Å². The Kier molecular flexibility index (Phi) is 3.59. The van der Waals surface area contributed by atoms with E-state index >= 15 is 0 Å². The third kappa shape index (κ3) is 2.73. The van der Waals surface area contributed by atoms with Gasteiger partial charge in [0.2, 0.25) is 5.91 Å². The molecule has 7 heteroatoms. The summed E-state index contributed by atoms with van der Waals surface area (Å²) in [6, 6.07) is 1.57. The molecule has 3 N–H and O–H groups in total. The van der Waals surface area contributed by atoms with Crippen LogP contribution in [0.15, 0.2) is 6.07 Å². The maximum absolute atomic E-state index is 11.2. The van der Waals surface area contributed by atoms with Gasteiger partial charge in [-0.3, -0.25) is 4.79 Å². The van der Waals surface area contributed by atoms with Crippen molar-refractivity contribution in [1.82, 2.24) is 10.3 Å². The molecule has 1 fully saturated rings. The van der Waals surface area contributed by atoms with Crippen LogP contribution in [0.3, 0.4) is 0 Å². The molecule has 2 rings (SSSR count). The number of pyridine rings is 1. The number of nitrogens with one attached hydrogen (secondary N) is 1. The molecular formula is C10H12Cl2N4O. The molecule has 1 aromatic rings. The summed E-state index contributed by atoms with van der Waals surface area (Å²) in [6.07, 6.45) is 0.417. The second-order valence-electron chi connectivity index (χ2n) is 3.75. The van der Waals surface area contributed by atoms with E-state index in [9.17, 15) is 4.79 Å². The van der Waals surface area contributed by atoms with Gasteiger partial charge in [-0.15, -0.1) is 0 Å². The van der Waals surface area contributed by atoms with Gasteiger partial charge in [-0.1, -0.05) is 23.2 Å². The number of anilines is 2. The van der Waals surface area contributed by atoms with Crippen LogP contribution in [0.25, 0.3) is 0 Å². The summed E-state index contributed by atoms with van der Waals surface area (Å²) >= 11 is 11.9. The highest BCUT2D eigenvalue weighted by Gasteiger charge is 2.18. The summed E-state index contributed by atoms with van der Waals surface area (Å²) in [4.78, 5) is 17.3. The molecule has 1 aliphatic heterocycles. The first-order valence-corrected chi connectivity index (χ1v) is 5.96. The van der Waals surface area contributed by atoms with Crippen molar-refractivity contribution in [2.45, 2.75) is 6.42 Å². The number of hydrogen-bond donors (Lipinski definition) is 2. The SMILES string of the molecule is Nc1nc(N2CCNC(=O)CC2)c(Cl)cc1Cl. The molecule has 2 heterocycles. The first-order valence-electron chi connectivity index (χ1n) is 5.21. The third-order valence-corrected chi connectivity index (χ3v) is 3.13. The molecule has 1 amide bonds. The highest BCUT2D eigenvalue weighted by molar-refractivity contribution is 6.37. The standard InChI is InChI=1S/C10H12Cl2N4O/c11-6-5-7(12)10(15-9(6)13)16-3-1-8(17)14-2-4-16/h5H,1-4H2,(H2,13,15)(H,14,17). The van der Waals surface area contributed by atoms with Crippen LogP contribution in [0.1, 0.15) is 6.42 Å². The average molecular weight is 275 g/mol. The molecule has 5 nitrogen and oxygen atoms in total.